The monoisotopic (exact) mass is 179 g/mol. The van der Waals surface area contributed by atoms with Gasteiger partial charge in [-0.1, -0.05) is 0 Å². The summed E-state index contributed by atoms with van der Waals surface area (Å²) in [6.07, 6.45) is 4.85. The average molecular weight is 179 g/mol. The molecule has 0 aromatic carbocycles. The van der Waals surface area contributed by atoms with Crippen molar-refractivity contribution in [3.8, 4) is 0 Å². The molecule has 4 nitrogen and oxygen atoms in total. The molecular weight excluding hydrogens is 166 g/mol. The van der Waals surface area contributed by atoms with Gasteiger partial charge < -0.3 is 4.90 Å². The summed E-state index contributed by atoms with van der Waals surface area (Å²) < 4.78 is 1.56. The van der Waals surface area contributed by atoms with Gasteiger partial charge in [-0.2, -0.15) is 5.10 Å². The second-order valence-electron chi connectivity index (χ2n) is 2.98. The van der Waals surface area contributed by atoms with Crippen molar-refractivity contribution in [2.75, 3.05) is 14.1 Å². The van der Waals surface area contributed by atoms with Crippen LogP contribution in [0, 0.1) is 0 Å². The van der Waals surface area contributed by atoms with Crippen LogP contribution in [0.25, 0.3) is 0 Å². The lowest BCUT2D eigenvalue weighted by atomic mass is 10.3. The molecule has 0 aliphatic heterocycles. The van der Waals surface area contributed by atoms with E-state index >= 15 is 0 Å². The smallest absolute Gasteiger partial charge is 0.205 e. The predicted molar refractivity (Wildman–Crippen MR) is 50.4 cm³/mol. The van der Waals surface area contributed by atoms with Gasteiger partial charge >= 0.3 is 0 Å². The SMILES string of the molecule is CN(C)/C=C\C(=O)c1ccnn1C. The van der Waals surface area contributed by atoms with E-state index in [1.165, 1.54) is 6.08 Å². The highest BCUT2D eigenvalue weighted by Crippen LogP contribution is 1.98. The normalized spacial score (nSPS) is 10.7. The largest absolute Gasteiger partial charge is 0.383 e. The average Bonchev–Trinajstić information content (AvgIpc) is 2.47. The Morgan fingerprint density at radius 2 is 2.31 bits per heavy atom. The third-order valence-corrected chi connectivity index (χ3v) is 1.60. The Labute approximate surface area is 77.5 Å². The second kappa shape index (κ2) is 3.89. The minimum atomic E-state index is -0.0336. The van der Waals surface area contributed by atoms with Gasteiger partial charge in [0.1, 0.15) is 5.69 Å². The molecule has 13 heavy (non-hydrogen) atoms. The zero-order chi connectivity index (χ0) is 9.84. The third-order valence-electron chi connectivity index (χ3n) is 1.60. The molecule has 0 N–H and O–H groups in total. The highest BCUT2D eigenvalue weighted by molar-refractivity contribution is 6.03. The summed E-state index contributed by atoms with van der Waals surface area (Å²) >= 11 is 0. The zero-order valence-electron chi connectivity index (χ0n) is 8.06. The molecule has 1 aromatic rings. The fraction of sp³-hybridized carbons (Fsp3) is 0.333. The standard InChI is InChI=1S/C9H13N3O/c1-11(2)7-5-9(13)8-4-6-10-12(8)3/h4-7H,1-3H3/b7-5-. The Morgan fingerprint density at radius 1 is 1.62 bits per heavy atom. The van der Waals surface area contributed by atoms with Crippen LogP contribution in [-0.2, 0) is 7.05 Å². The number of nitrogens with zero attached hydrogens (tertiary/aromatic N) is 3. The van der Waals surface area contributed by atoms with Crippen LogP contribution in [0.15, 0.2) is 24.5 Å². The first-order valence-electron chi connectivity index (χ1n) is 3.98. The molecule has 0 saturated heterocycles. The second-order valence-corrected chi connectivity index (χ2v) is 2.98. The van der Waals surface area contributed by atoms with Crippen molar-refractivity contribution in [2.45, 2.75) is 0 Å². The van der Waals surface area contributed by atoms with Crippen LogP contribution in [0.4, 0.5) is 0 Å². The van der Waals surface area contributed by atoms with Crippen molar-refractivity contribution < 1.29 is 4.79 Å². The van der Waals surface area contributed by atoms with E-state index in [0.29, 0.717) is 5.69 Å². The molecule has 0 unspecified atom stereocenters. The zero-order valence-corrected chi connectivity index (χ0v) is 8.06. The van der Waals surface area contributed by atoms with Crippen molar-refractivity contribution in [1.82, 2.24) is 14.7 Å². The lowest BCUT2D eigenvalue weighted by molar-refractivity contribution is 0.103. The highest BCUT2D eigenvalue weighted by Gasteiger charge is 2.05. The van der Waals surface area contributed by atoms with Gasteiger partial charge in [-0.25, -0.2) is 0 Å². The maximum Gasteiger partial charge on any atom is 0.205 e. The minimum Gasteiger partial charge on any atom is -0.383 e. The van der Waals surface area contributed by atoms with Crippen LogP contribution < -0.4 is 0 Å². The quantitative estimate of drug-likeness (QED) is 0.506. The molecule has 0 saturated carbocycles. The summed E-state index contributed by atoms with van der Waals surface area (Å²) in [5, 5.41) is 3.91. The number of ketones is 1. The first kappa shape index (κ1) is 9.51. The van der Waals surface area contributed by atoms with Gasteiger partial charge in [0.25, 0.3) is 0 Å². The van der Waals surface area contributed by atoms with E-state index in [0.717, 1.165) is 0 Å². The number of aryl methyl sites for hydroxylation is 1. The van der Waals surface area contributed by atoms with Crippen molar-refractivity contribution in [1.29, 1.82) is 0 Å². The van der Waals surface area contributed by atoms with Gasteiger partial charge in [0.2, 0.25) is 5.78 Å². The van der Waals surface area contributed by atoms with Crippen LogP contribution in [0.5, 0.6) is 0 Å². The van der Waals surface area contributed by atoms with Crippen molar-refractivity contribution in [3.05, 3.63) is 30.2 Å². The minimum absolute atomic E-state index is 0.0336. The summed E-state index contributed by atoms with van der Waals surface area (Å²) in [5.74, 6) is -0.0336. The van der Waals surface area contributed by atoms with Gasteiger partial charge in [-0.15, -0.1) is 0 Å². The molecule has 0 bridgehead atoms. The molecule has 0 aliphatic rings. The molecular formula is C9H13N3O. The topological polar surface area (TPSA) is 38.1 Å². The van der Waals surface area contributed by atoms with Crippen molar-refractivity contribution in [2.24, 2.45) is 7.05 Å². The third kappa shape index (κ3) is 2.43. The summed E-state index contributed by atoms with van der Waals surface area (Å²) in [5.41, 5.74) is 0.595. The van der Waals surface area contributed by atoms with Crippen molar-refractivity contribution >= 4 is 5.78 Å². The molecule has 70 valence electrons. The summed E-state index contributed by atoms with van der Waals surface area (Å²) in [7, 11) is 5.48. The van der Waals surface area contributed by atoms with E-state index in [9.17, 15) is 4.79 Å². The molecule has 0 aliphatic carbocycles. The number of aromatic nitrogens is 2. The van der Waals surface area contributed by atoms with Gasteiger partial charge in [-0.3, -0.25) is 9.48 Å². The number of allylic oxidation sites excluding steroid dienone is 1. The highest BCUT2D eigenvalue weighted by atomic mass is 16.1. The number of rotatable bonds is 3. The summed E-state index contributed by atoms with van der Waals surface area (Å²) in [6.45, 7) is 0. The maximum atomic E-state index is 11.5. The fourth-order valence-corrected chi connectivity index (χ4v) is 0.918. The summed E-state index contributed by atoms with van der Waals surface area (Å²) in [6, 6.07) is 1.70. The van der Waals surface area contributed by atoms with Crippen LogP contribution in [-0.4, -0.2) is 34.6 Å². The molecule has 1 rings (SSSR count). The molecule has 0 fully saturated rings. The Balaban J connectivity index is 2.75. The molecule has 1 heterocycles. The van der Waals surface area contributed by atoms with E-state index in [4.69, 9.17) is 0 Å². The number of hydrogen-bond acceptors (Lipinski definition) is 3. The van der Waals surface area contributed by atoms with Crippen LogP contribution in [0.3, 0.4) is 0 Å². The Morgan fingerprint density at radius 3 is 2.77 bits per heavy atom. The van der Waals surface area contributed by atoms with Gasteiger partial charge in [0, 0.05) is 39.6 Å². The van der Waals surface area contributed by atoms with E-state index < -0.39 is 0 Å². The van der Waals surface area contributed by atoms with Crippen LogP contribution in [0.2, 0.25) is 0 Å². The van der Waals surface area contributed by atoms with Gasteiger partial charge in [0.05, 0.1) is 0 Å². The van der Waals surface area contributed by atoms with Crippen LogP contribution >= 0.6 is 0 Å². The first-order valence-corrected chi connectivity index (χ1v) is 3.98. The number of hydrogen-bond donors (Lipinski definition) is 0. The maximum absolute atomic E-state index is 11.5. The van der Waals surface area contributed by atoms with Gasteiger partial charge in [-0.05, 0) is 6.07 Å². The molecule has 0 atom stereocenters. The van der Waals surface area contributed by atoms with E-state index in [1.807, 2.05) is 19.0 Å². The Bertz CT molecular complexity index is 325. The predicted octanol–water partition coefficient (Wildman–Crippen LogP) is 0.678. The lowest BCUT2D eigenvalue weighted by Gasteiger charge is -2.02. The van der Waals surface area contributed by atoms with Crippen molar-refractivity contribution in [3.63, 3.8) is 0 Å². The molecule has 4 heteroatoms. The number of carbonyl (C=O) groups excluding carboxylic acids is 1. The fourth-order valence-electron chi connectivity index (χ4n) is 0.918. The molecule has 0 radical (unpaired) electrons. The number of carbonyl (C=O) groups is 1. The van der Waals surface area contributed by atoms with E-state index in [1.54, 1.807) is 30.2 Å². The Kier molecular flexibility index (Phi) is 2.84. The Hall–Kier alpha value is -1.58. The van der Waals surface area contributed by atoms with Gasteiger partial charge in [0.15, 0.2) is 0 Å². The summed E-state index contributed by atoms with van der Waals surface area (Å²) in [4.78, 5) is 13.3. The van der Waals surface area contributed by atoms with E-state index in [-0.39, 0.29) is 5.78 Å². The van der Waals surface area contributed by atoms with E-state index in [2.05, 4.69) is 5.10 Å². The first-order chi connectivity index (χ1) is 6.11. The lowest BCUT2D eigenvalue weighted by Crippen LogP contribution is -2.06. The molecule has 0 spiro atoms. The molecule has 1 aromatic heterocycles. The van der Waals surface area contributed by atoms with Crippen LogP contribution in [0.1, 0.15) is 10.5 Å². The molecule has 0 amide bonds.